The smallest absolute Gasteiger partial charge is 0.233 e. The van der Waals surface area contributed by atoms with Crippen molar-refractivity contribution in [3.8, 4) is 5.88 Å². The Hall–Kier alpha value is -1.46. The number of methoxy groups -OCH3 is 1. The summed E-state index contributed by atoms with van der Waals surface area (Å²) in [6.45, 7) is 2.10. The SMILES string of the molecule is CNC(c1ccc(OC)nn1)c1sccc1C. The minimum atomic E-state index is 0.0911. The van der Waals surface area contributed by atoms with Crippen molar-refractivity contribution in [1.29, 1.82) is 0 Å². The summed E-state index contributed by atoms with van der Waals surface area (Å²) < 4.78 is 5.01. The molecule has 1 unspecified atom stereocenters. The van der Waals surface area contributed by atoms with Crippen molar-refractivity contribution in [2.75, 3.05) is 14.2 Å². The summed E-state index contributed by atoms with van der Waals surface area (Å²) in [5.74, 6) is 0.534. The molecule has 0 aromatic carbocycles. The topological polar surface area (TPSA) is 47.0 Å². The van der Waals surface area contributed by atoms with E-state index in [-0.39, 0.29) is 6.04 Å². The molecule has 0 aliphatic carbocycles. The van der Waals surface area contributed by atoms with Gasteiger partial charge in [-0.15, -0.1) is 21.5 Å². The lowest BCUT2D eigenvalue weighted by molar-refractivity contribution is 0.390. The third-order valence-corrected chi connectivity index (χ3v) is 3.70. The Morgan fingerprint density at radius 1 is 1.29 bits per heavy atom. The summed E-state index contributed by atoms with van der Waals surface area (Å²) in [5, 5.41) is 13.5. The highest BCUT2D eigenvalue weighted by Crippen LogP contribution is 2.28. The molecule has 2 rings (SSSR count). The molecule has 0 spiro atoms. The zero-order chi connectivity index (χ0) is 12.3. The normalized spacial score (nSPS) is 12.4. The highest BCUT2D eigenvalue weighted by Gasteiger charge is 2.17. The van der Waals surface area contributed by atoms with E-state index in [0.717, 1.165) is 5.69 Å². The maximum atomic E-state index is 5.01. The Morgan fingerprint density at radius 2 is 2.12 bits per heavy atom. The van der Waals surface area contributed by atoms with Crippen LogP contribution in [0.25, 0.3) is 0 Å². The third-order valence-electron chi connectivity index (χ3n) is 2.62. The lowest BCUT2D eigenvalue weighted by atomic mass is 10.1. The second kappa shape index (κ2) is 5.25. The van der Waals surface area contributed by atoms with Crippen LogP contribution >= 0.6 is 11.3 Å². The molecule has 17 heavy (non-hydrogen) atoms. The van der Waals surface area contributed by atoms with Crippen LogP contribution in [0.5, 0.6) is 5.88 Å². The number of hydrogen-bond acceptors (Lipinski definition) is 5. The number of aromatic nitrogens is 2. The van der Waals surface area contributed by atoms with Gasteiger partial charge in [0.2, 0.25) is 5.88 Å². The Balaban J connectivity index is 2.32. The second-order valence-corrected chi connectivity index (χ2v) is 4.64. The second-order valence-electron chi connectivity index (χ2n) is 3.69. The van der Waals surface area contributed by atoms with E-state index < -0.39 is 0 Å². The van der Waals surface area contributed by atoms with Crippen molar-refractivity contribution < 1.29 is 4.74 Å². The molecule has 0 aliphatic heterocycles. The van der Waals surface area contributed by atoms with Crippen molar-refractivity contribution in [1.82, 2.24) is 15.5 Å². The minimum Gasteiger partial charge on any atom is -0.480 e. The first kappa shape index (κ1) is 12.0. The standard InChI is InChI=1S/C12H15N3OS/c1-8-6-7-17-12(8)11(13-2)9-4-5-10(16-3)15-14-9/h4-7,11,13H,1-3H3. The van der Waals surface area contributed by atoms with Gasteiger partial charge in [0.15, 0.2) is 0 Å². The minimum absolute atomic E-state index is 0.0911. The summed E-state index contributed by atoms with van der Waals surface area (Å²) in [6, 6.07) is 5.97. The number of rotatable bonds is 4. The first-order valence-electron chi connectivity index (χ1n) is 5.35. The highest BCUT2D eigenvalue weighted by atomic mass is 32.1. The molecule has 0 saturated carbocycles. The zero-order valence-corrected chi connectivity index (χ0v) is 10.9. The predicted octanol–water partition coefficient (Wildman–Crippen LogP) is 2.16. The fourth-order valence-electron chi connectivity index (χ4n) is 1.69. The van der Waals surface area contributed by atoms with Crippen LogP contribution in [0.2, 0.25) is 0 Å². The molecular weight excluding hydrogens is 234 g/mol. The van der Waals surface area contributed by atoms with Crippen LogP contribution in [0, 0.1) is 6.92 Å². The molecule has 0 radical (unpaired) electrons. The van der Waals surface area contributed by atoms with E-state index in [9.17, 15) is 0 Å². The average Bonchev–Trinajstić information content (AvgIpc) is 2.78. The lowest BCUT2D eigenvalue weighted by Crippen LogP contribution is -2.19. The molecule has 2 aromatic rings. The fraction of sp³-hybridized carbons (Fsp3) is 0.333. The summed E-state index contributed by atoms with van der Waals surface area (Å²) in [5.41, 5.74) is 2.17. The third kappa shape index (κ3) is 2.45. The molecule has 0 aliphatic rings. The lowest BCUT2D eigenvalue weighted by Gasteiger charge is -2.14. The molecule has 0 saturated heterocycles. The van der Waals surface area contributed by atoms with Gasteiger partial charge in [0.1, 0.15) is 0 Å². The predicted molar refractivity (Wildman–Crippen MR) is 68.5 cm³/mol. The van der Waals surface area contributed by atoms with Crippen molar-refractivity contribution in [3.05, 3.63) is 39.7 Å². The van der Waals surface area contributed by atoms with Gasteiger partial charge in [0.25, 0.3) is 0 Å². The highest BCUT2D eigenvalue weighted by molar-refractivity contribution is 7.10. The molecule has 1 N–H and O–H groups in total. The van der Waals surface area contributed by atoms with E-state index >= 15 is 0 Å². The number of nitrogens with one attached hydrogen (secondary N) is 1. The van der Waals surface area contributed by atoms with Crippen molar-refractivity contribution in [3.63, 3.8) is 0 Å². The van der Waals surface area contributed by atoms with Gasteiger partial charge in [-0.2, -0.15) is 0 Å². The van der Waals surface area contributed by atoms with Crippen LogP contribution in [0.3, 0.4) is 0 Å². The summed E-state index contributed by atoms with van der Waals surface area (Å²) in [6.07, 6.45) is 0. The largest absolute Gasteiger partial charge is 0.480 e. The van der Waals surface area contributed by atoms with Gasteiger partial charge in [-0.25, -0.2) is 0 Å². The molecule has 0 amide bonds. The molecule has 2 aromatic heterocycles. The van der Waals surface area contributed by atoms with E-state index in [2.05, 4.69) is 33.9 Å². The molecular formula is C12H15N3OS. The molecule has 0 bridgehead atoms. The fourth-order valence-corrected chi connectivity index (χ4v) is 2.73. The van der Waals surface area contributed by atoms with Gasteiger partial charge in [0, 0.05) is 10.9 Å². The number of aryl methyl sites for hydroxylation is 1. The monoisotopic (exact) mass is 249 g/mol. The summed E-state index contributed by atoms with van der Waals surface area (Å²) in [4.78, 5) is 1.27. The van der Waals surface area contributed by atoms with Crippen LogP contribution in [-0.2, 0) is 0 Å². The van der Waals surface area contributed by atoms with E-state index in [1.165, 1.54) is 10.4 Å². The van der Waals surface area contributed by atoms with Crippen LogP contribution in [0.1, 0.15) is 22.2 Å². The zero-order valence-electron chi connectivity index (χ0n) is 10.1. The molecule has 4 nitrogen and oxygen atoms in total. The Kier molecular flexibility index (Phi) is 3.71. The molecule has 90 valence electrons. The number of thiophene rings is 1. The van der Waals surface area contributed by atoms with Gasteiger partial charge in [-0.3, -0.25) is 0 Å². The van der Waals surface area contributed by atoms with Crippen LogP contribution in [0.15, 0.2) is 23.6 Å². The molecule has 2 heterocycles. The van der Waals surface area contributed by atoms with Gasteiger partial charge in [-0.1, -0.05) is 0 Å². The van der Waals surface area contributed by atoms with E-state index in [1.807, 2.05) is 19.2 Å². The van der Waals surface area contributed by atoms with E-state index in [1.54, 1.807) is 18.4 Å². The first-order valence-corrected chi connectivity index (χ1v) is 6.23. The van der Waals surface area contributed by atoms with Crippen molar-refractivity contribution >= 4 is 11.3 Å². The quantitative estimate of drug-likeness (QED) is 0.902. The maximum Gasteiger partial charge on any atom is 0.233 e. The Labute approximate surface area is 105 Å². The van der Waals surface area contributed by atoms with Crippen LogP contribution < -0.4 is 10.1 Å². The molecule has 1 atom stereocenters. The number of ether oxygens (including phenoxy) is 1. The summed E-state index contributed by atoms with van der Waals surface area (Å²) in [7, 11) is 3.51. The number of hydrogen-bond donors (Lipinski definition) is 1. The van der Waals surface area contributed by atoms with Gasteiger partial charge >= 0.3 is 0 Å². The van der Waals surface area contributed by atoms with E-state index in [0.29, 0.717) is 5.88 Å². The van der Waals surface area contributed by atoms with Gasteiger partial charge < -0.3 is 10.1 Å². The molecule has 0 fully saturated rings. The van der Waals surface area contributed by atoms with Crippen molar-refractivity contribution in [2.45, 2.75) is 13.0 Å². The Morgan fingerprint density at radius 3 is 2.59 bits per heavy atom. The van der Waals surface area contributed by atoms with E-state index in [4.69, 9.17) is 4.74 Å². The number of nitrogens with zero attached hydrogens (tertiary/aromatic N) is 2. The average molecular weight is 249 g/mol. The molecule has 5 heteroatoms. The summed E-state index contributed by atoms with van der Waals surface area (Å²) >= 11 is 1.73. The van der Waals surface area contributed by atoms with Gasteiger partial charge in [-0.05, 0) is 37.0 Å². The first-order chi connectivity index (χ1) is 8.26. The Bertz CT molecular complexity index is 481. The van der Waals surface area contributed by atoms with Crippen molar-refractivity contribution in [2.24, 2.45) is 0 Å². The maximum absolute atomic E-state index is 5.01. The van der Waals surface area contributed by atoms with Crippen LogP contribution in [0.4, 0.5) is 0 Å². The van der Waals surface area contributed by atoms with Crippen LogP contribution in [-0.4, -0.2) is 24.4 Å². The van der Waals surface area contributed by atoms with Gasteiger partial charge in [0.05, 0.1) is 18.8 Å².